The number of amides is 4. The molecule has 4 rings (SSSR count). The molecule has 2 aliphatic heterocycles. The van der Waals surface area contributed by atoms with Gasteiger partial charge in [0.1, 0.15) is 5.75 Å². The quantitative estimate of drug-likeness (QED) is 0.650. The predicted molar refractivity (Wildman–Crippen MR) is 131 cm³/mol. The molecule has 0 bridgehead atoms. The highest BCUT2D eigenvalue weighted by molar-refractivity contribution is 8.00. The van der Waals surface area contributed by atoms with E-state index in [-0.39, 0.29) is 29.8 Å². The van der Waals surface area contributed by atoms with Crippen LogP contribution in [-0.2, 0) is 9.59 Å². The topological polar surface area (TPSA) is 94.2 Å². The van der Waals surface area contributed by atoms with Crippen LogP contribution in [0.4, 0.5) is 10.5 Å². The SMILES string of the molecule is COc1ccccc1C1NC(SCC(=O)N(C)c2ccccc2)C2C(=O)N(C)C(=O)N(C)C2N1. The van der Waals surface area contributed by atoms with Gasteiger partial charge in [-0.25, -0.2) is 4.79 Å². The molecule has 0 saturated carbocycles. The minimum Gasteiger partial charge on any atom is -0.496 e. The van der Waals surface area contributed by atoms with Gasteiger partial charge in [-0.15, -0.1) is 11.8 Å². The second kappa shape index (κ2) is 10.0. The third kappa shape index (κ3) is 4.48. The molecule has 2 N–H and O–H groups in total. The highest BCUT2D eigenvalue weighted by Crippen LogP contribution is 2.36. The Morgan fingerprint density at radius 3 is 2.44 bits per heavy atom. The van der Waals surface area contributed by atoms with Crippen molar-refractivity contribution in [1.82, 2.24) is 20.4 Å². The number of rotatable bonds is 6. The fourth-order valence-electron chi connectivity index (χ4n) is 4.34. The maximum absolute atomic E-state index is 13.2. The summed E-state index contributed by atoms with van der Waals surface area (Å²) in [4.78, 5) is 43.0. The number of urea groups is 1. The summed E-state index contributed by atoms with van der Waals surface area (Å²) in [5.74, 6) is -0.0863. The monoisotopic (exact) mass is 483 g/mol. The zero-order chi connectivity index (χ0) is 24.4. The average molecular weight is 484 g/mol. The molecule has 10 heteroatoms. The Hall–Kier alpha value is -3.08. The summed E-state index contributed by atoms with van der Waals surface area (Å²) in [7, 11) is 6.50. The smallest absolute Gasteiger partial charge is 0.327 e. The van der Waals surface area contributed by atoms with E-state index in [0.717, 1.165) is 16.2 Å². The number of fused-ring (bicyclic) bond motifs is 1. The predicted octanol–water partition coefficient (Wildman–Crippen LogP) is 2.07. The highest BCUT2D eigenvalue weighted by atomic mass is 32.2. The molecule has 2 fully saturated rings. The molecule has 0 spiro atoms. The van der Waals surface area contributed by atoms with Gasteiger partial charge >= 0.3 is 6.03 Å². The molecule has 4 atom stereocenters. The van der Waals surface area contributed by atoms with E-state index in [9.17, 15) is 14.4 Å². The Morgan fingerprint density at radius 1 is 1.06 bits per heavy atom. The minimum absolute atomic E-state index is 0.0806. The average Bonchev–Trinajstić information content (AvgIpc) is 2.88. The molecule has 4 amide bonds. The molecule has 2 heterocycles. The molecule has 2 saturated heterocycles. The number of anilines is 1. The standard InChI is InChI=1S/C24H29N5O4S/c1-27(15-10-6-5-7-11-15)18(30)14-34-22-19-21(28(2)24(32)29(3)23(19)31)25-20(26-22)16-12-8-9-13-17(16)33-4/h5-13,19-22,25-26H,14H2,1-4H3. The Morgan fingerprint density at radius 2 is 1.74 bits per heavy atom. The number of hydrogen-bond donors (Lipinski definition) is 2. The van der Waals surface area contributed by atoms with Crippen LogP contribution in [0, 0.1) is 5.92 Å². The number of carbonyl (C=O) groups is 3. The van der Waals surface area contributed by atoms with Crippen molar-refractivity contribution in [3.63, 3.8) is 0 Å². The number of hydrogen-bond acceptors (Lipinski definition) is 7. The number of imide groups is 1. The lowest BCUT2D eigenvalue weighted by molar-refractivity contribution is -0.140. The van der Waals surface area contributed by atoms with Gasteiger partial charge in [0.2, 0.25) is 11.8 Å². The van der Waals surface area contributed by atoms with Crippen LogP contribution in [0.2, 0.25) is 0 Å². The first-order chi connectivity index (χ1) is 16.3. The van der Waals surface area contributed by atoms with Crippen molar-refractivity contribution in [3.8, 4) is 5.75 Å². The minimum atomic E-state index is -0.571. The maximum atomic E-state index is 13.2. The first-order valence-corrected chi connectivity index (χ1v) is 12.0. The number of thioether (sulfide) groups is 1. The second-order valence-electron chi connectivity index (χ2n) is 8.29. The molecule has 180 valence electrons. The number of para-hydroxylation sites is 2. The van der Waals surface area contributed by atoms with E-state index in [1.54, 1.807) is 31.0 Å². The Kier molecular flexibility index (Phi) is 7.11. The van der Waals surface area contributed by atoms with Gasteiger partial charge in [-0.2, -0.15) is 0 Å². The summed E-state index contributed by atoms with van der Waals surface area (Å²) in [6.45, 7) is 0. The Balaban J connectivity index is 1.59. The summed E-state index contributed by atoms with van der Waals surface area (Å²) < 4.78 is 5.53. The summed E-state index contributed by atoms with van der Waals surface area (Å²) in [6.07, 6.45) is -0.921. The van der Waals surface area contributed by atoms with E-state index in [1.165, 1.54) is 18.8 Å². The van der Waals surface area contributed by atoms with E-state index in [1.807, 2.05) is 54.6 Å². The van der Waals surface area contributed by atoms with Gasteiger partial charge in [0.05, 0.1) is 36.5 Å². The van der Waals surface area contributed by atoms with Crippen LogP contribution in [-0.4, -0.2) is 73.2 Å². The maximum Gasteiger partial charge on any atom is 0.327 e. The summed E-state index contributed by atoms with van der Waals surface area (Å²) >= 11 is 1.37. The van der Waals surface area contributed by atoms with Gasteiger partial charge in [0, 0.05) is 32.4 Å². The normalized spacial score (nSPS) is 24.6. The Labute approximate surface area is 203 Å². The molecular weight excluding hydrogens is 454 g/mol. The molecule has 0 aromatic heterocycles. The molecule has 2 aromatic carbocycles. The van der Waals surface area contributed by atoms with E-state index >= 15 is 0 Å². The molecular formula is C24H29N5O4S. The fraction of sp³-hybridized carbons (Fsp3) is 0.375. The van der Waals surface area contributed by atoms with Crippen molar-refractivity contribution < 1.29 is 19.1 Å². The third-order valence-electron chi connectivity index (χ3n) is 6.31. The van der Waals surface area contributed by atoms with Crippen LogP contribution in [0.15, 0.2) is 54.6 Å². The number of benzene rings is 2. The van der Waals surface area contributed by atoms with Crippen LogP contribution < -0.4 is 20.3 Å². The van der Waals surface area contributed by atoms with Crippen molar-refractivity contribution in [3.05, 3.63) is 60.2 Å². The van der Waals surface area contributed by atoms with E-state index < -0.39 is 17.5 Å². The first kappa shape index (κ1) is 24.1. The lowest BCUT2D eigenvalue weighted by atomic mass is 9.95. The van der Waals surface area contributed by atoms with Crippen LogP contribution >= 0.6 is 11.8 Å². The van der Waals surface area contributed by atoms with Crippen LogP contribution in [0.1, 0.15) is 11.7 Å². The molecule has 2 aliphatic rings. The van der Waals surface area contributed by atoms with Gasteiger partial charge in [-0.3, -0.25) is 25.1 Å². The molecule has 4 unspecified atom stereocenters. The lowest BCUT2D eigenvalue weighted by Gasteiger charge is -2.50. The second-order valence-corrected chi connectivity index (χ2v) is 9.42. The number of methoxy groups -OCH3 is 1. The van der Waals surface area contributed by atoms with Crippen LogP contribution in [0.3, 0.4) is 0 Å². The first-order valence-electron chi connectivity index (χ1n) is 11.0. The van der Waals surface area contributed by atoms with Gasteiger partial charge in [-0.05, 0) is 18.2 Å². The van der Waals surface area contributed by atoms with E-state index in [2.05, 4.69) is 10.6 Å². The van der Waals surface area contributed by atoms with Crippen LogP contribution in [0.25, 0.3) is 0 Å². The number of ether oxygens (including phenoxy) is 1. The number of carbonyl (C=O) groups excluding carboxylic acids is 3. The van der Waals surface area contributed by atoms with E-state index in [0.29, 0.717) is 5.75 Å². The van der Waals surface area contributed by atoms with Gasteiger partial charge in [-0.1, -0.05) is 36.4 Å². The third-order valence-corrected chi connectivity index (χ3v) is 7.51. The van der Waals surface area contributed by atoms with Crippen molar-refractivity contribution in [2.24, 2.45) is 5.92 Å². The van der Waals surface area contributed by atoms with Crippen molar-refractivity contribution in [2.75, 3.05) is 38.9 Å². The zero-order valence-corrected chi connectivity index (χ0v) is 20.4. The molecule has 0 aliphatic carbocycles. The van der Waals surface area contributed by atoms with Crippen molar-refractivity contribution in [2.45, 2.75) is 17.7 Å². The molecule has 9 nitrogen and oxygen atoms in total. The van der Waals surface area contributed by atoms with Gasteiger partial charge in [0.25, 0.3) is 0 Å². The molecule has 0 radical (unpaired) electrons. The molecule has 2 aromatic rings. The van der Waals surface area contributed by atoms with Crippen molar-refractivity contribution in [1.29, 1.82) is 0 Å². The summed E-state index contributed by atoms with van der Waals surface area (Å²) in [5.41, 5.74) is 1.66. The largest absolute Gasteiger partial charge is 0.496 e. The lowest BCUT2D eigenvalue weighted by Crippen LogP contribution is -2.72. The summed E-state index contributed by atoms with van der Waals surface area (Å²) in [6, 6.07) is 16.6. The highest BCUT2D eigenvalue weighted by Gasteiger charge is 2.51. The van der Waals surface area contributed by atoms with E-state index in [4.69, 9.17) is 4.74 Å². The number of nitrogens with one attached hydrogen (secondary N) is 2. The van der Waals surface area contributed by atoms with Gasteiger partial charge < -0.3 is 14.5 Å². The van der Waals surface area contributed by atoms with Crippen molar-refractivity contribution >= 4 is 35.3 Å². The fourth-order valence-corrected chi connectivity index (χ4v) is 5.56. The zero-order valence-electron chi connectivity index (χ0n) is 19.6. The molecule has 34 heavy (non-hydrogen) atoms. The van der Waals surface area contributed by atoms with Gasteiger partial charge in [0.15, 0.2) is 0 Å². The number of nitrogens with zero attached hydrogens (tertiary/aromatic N) is 3. The Bertz CT molecular complexity index is 1070. The summed E-state index contributed by atoms with van der Waals surface area (Å²) in [5, 5.41) is 6.46. The van der Waals surface area contributed by atoms with Crippen LogP contribution in [0.5, 0.6) is 5.75 Å².